The predicted molar refractivity (Wildman–Crippen MR) is 123 cm³/mol. The molecule has 4 aliphatic carbocycles. The van der Waals surface area contributed by atoms with Crippen LogP contribution < -0.4 is 5.32 Å². The molecule has 7 nitrogen and oxygen atoms in total. The first kappa shape index (κ1) is 24.9. The molecule has 4 rings (SSSR count). The number of hydrogen-bond donors (Lipinski definition) is 5. The predicted octanol–water partition coefficient (Wildman–Crippen LogP) is 2.71. The Morgan fingerprint density at radius 1 is 1.03 bits per heavy atom. The largest absolute Gasteiger partial charge is 0.480 e. The highest BCUT2D eigenvalue weighted by Crippen LogP contribution is 2.69. The number of amides is 1. The average molecular weight is 466 g/mol. The van der Waals surface area contributed by atoms with Gasteiger partial charge < -0.3 is 25.7 Å². The Morgan fingerprint density at radius 2 is 1.76 bits per heavy atom. The van der Waals surface area contributed by atoms with E-state index >= 15 is 0 Å². The molecule has 5 N–H and O–H groups in total. The van der Waals surface area contributed by atoms with Crippen LogP contribution in [0.3, 0.4) is 0 Å². The van der Waals surface area contributed by atoms with Gasteiger partial charge in [0, 0.05) is 11.8 Å². The zero-order valence-electron chi connectivity index (χ0n) is 20.4. The lowest BCUT2D eigenvalue weighted by molar-refractivity contribution is -0.254. The SMILES string of the molecule is C[C@H](CCC(=O)NCC(=O)O)[C@@H]1CC[C@@H]2[C@@]3(O)CC[C@H]4C[C@H](O)CC[C@]4(C)[C@H]3C[C@H](O)[C@@]21C. The van der Waals surface area contributed by atoms with Crippen molar-refractivity contribution in [3.05, 3.63) is 0 Å². The summed E-state index contributed by atoms with van der Waals surface area (Å²) in [7, 11) is 0. The van der Waals surface area contributed by atoms with Crippen LogP contribution in [0.1, 0.15) is 85.0 Å². The van der Waals surface area contributed by atoms with Gasteiger partial charge in [0.2, 0.25) is 5.91 Å². The van der Waals surface area contributed by atoms with Gasteiger partial charge in [0.25, 0.3) is 0 Å². The molecule has 0 aromatic rings. The maximum absolute atomic E-state index is 12.3. The zero-order chi connectivity index (χ0) is 24.2. The molecule has 33 heavy (non-hydrogen) atoms. The third-order valence-corrected chi connectivity index (χ3v) is 10.8. The van der Waals surface area contributed by atoms with Gasteiger partial charge in [-0.05, 0) is 92.8 Å². The van der Waals surface area contributed by atoms with E-state index in [1.54, 1.807) is 0 Å². The number of carboxylic acids is 1. The molecule has 0 unspecified atom stereocenters. The molecule has 0 spiro atoms. The fraction of sp³-hybridized carbons (Fsp3) is 0.923. The van der Waals surface area contributed by atoms with Gasteiger partial charge in [-0.3, -0.25) is 9.59 Å². The fourth-order valence-electron chi connectivity index (χ4n) is 9.04. The number of rotatable bonds is 6. The van der Waals surface area contributed by atoms with Crippen LogP contribution in [0.15, 0.2) is 0 Å². The normalized spacial score (nSPS) is 47.7. The standard InChI is InChI=1S/C26H43NO6/c1-15(4-7-22(30)27-14-23(31)32)18-5-6-19-25(18,3)21(29)13-20-24(2)10-9-17(28)12-16(24)8-11-26(19,20)33/h15-21,28-29,33H,4-14H2,1-3H3,(H,27,30)(H,31,32)/t15-,16+,17-,18+,19+,20-,21+,24+,25-,26+/m1/s1. The van der Waals surface area contributed by atoms with Crippen LogP contribution in [0, 0.1) is 40.4 Å². The first-order valence-corrected chi connectivity index (χ1v) is 13.0. The molecule has 0 aromatic heterocycles. The van der Waals surface area contributed by atoms with Crippen molar-refractivity contribution >= 4 is 11.9 Å². The van der Waals surface area contributed by atoms with Crippen LogP contribution in [0.4, 0.5) is 0 Å². The van der Waals surface area contributed by atoms with Crippen LogP contribution in [-0.2, 0) is 9.59 Å². The Morgan fingerprint density at radius 3 is 2.45 bits per heavy atom. The third kappa shape index (κ3) is 4.02. The highest BCUT2D eigenvalue weighted by atomic mass is 16.4. The molecule has 0 aromatic carbocycles. The van der Waals surface area contributed by atoms with Crippen LogP contribution in [0.5, 0.6) is 0 Å². The highest BCUT2D eigenvalue weighted by Gasteiger charge is 2.69. The van der Waals surface area contributed by atoms with Crippen molar-refractivity contribution in [1.82, 2.24) is 5.32 Å². The second kappa shape index (κ2) is 8.80. The minimum absolute atomic E-state index is 0.0386. The van der Waals surface area contributed by atoms with Gasteiger partial charge >= 0.3 is 5.97 Å². The van der Waals surface area contributed by atoms with Gasteiger partial charge in [-0.25, -0.2) is 0 Å². The molecule has 1 amide bonds. The summed E-state index contributed by atoms with van der Waals surface area (Å²) in [5.74, 6) is -0.389. The summed E-state index contributed by atoms with van der Waals surface area (Å²) < 4.78 is 0. The topological polar surface area (TPSA) is 127 Å². The zero-order valence-corrected chi connectivity index (χ0v) is 20.4. The van der Waals surface area contributed by atoms with Crippen LogP contribution in [0.2, 0.25) is 0 Å². The van der Waals surface area contributed by atoms with Crippen LogP contribution >= 0.6 is 0 Å². The summed E-state index contributed by atoms with van der Waals surface area (Å²) in [5, 5.41) is 45.3. The number of carbonyl (C=O) groups excluding carboxylic acids is 1. The van der Waals surface area contributed by atoms with Crippen molar-refractivity contribution in [3.63, 3.8) is 0 Å². The van der Waals surface area contributed by atoms with Crippen molar-refractivity contribution in [3.8, 4) is 0 Å². The quantitative estimate of drug-likeness (QED) is 0.410. The van der Waals surface area contributed by atoms with Crippen molar-refractivity contribution in [2.75, 3.05) is 6.54 Å². The molecule has 0 heterocycles. The van der Waals surface area contributed by atoms with Gasteiger partial charge in [0.1, 0.15) is 6.54 Å². The lowest BCUT2D eigenvalue weighted by Crippen LogP contribution is -2.67. The van der Waals surface area contributed by atoms with E-state index in [4.69, 9.17) is 5.11 Å². The van der Waals surface area contributed by atoms with Gasteiger partial charge in [0.05, 0.1) is 17.8 Å². The van der Waals surface area contributed by atoms with E-state index in [1.807, 2.05) is 0 Å². The number of fused-ring (bicyclic) bond motifs is 5. The molecule has 188 valence electrons. The number of aliphatic hydroxyl groups excluding tert-OH is 2. The van der Waals surface area contributed by atoms with Gasteiger partial charge in [-0.2, -0.15) is 0 Å². The molecule has 0 radical (unpaired) electrons. The molecule has 4 saturated carbocycles. The van der Waals surface area contributed by atoms with Crippen LogP contribution in [-0.4, -0.2) is 56.7 Å². The molecule has 4 fully saturated rings. The molecule has 7 heteroatoms. The average Bonchev–Trinajstić information content (AvgIpc) is 3.13. The molecule has 0 aliphatic heterocycles. The lowest BCUT2D eigenvalue weighted by atomic mass is 9.42. The summed E-state index contributed by atoms with van der Waals surface area (Å²) in [6.45, 7) is 6.22. The summed E-state index contributed by atoms with van der Waals surface area (Å²) in [6.07, 6.45) is 6.80. The van der Waals surface area contributed by atoms with E-state index in [1.165, 1.54) is 0 Å². The first-order chi connectivity index (χ1) is 15.4. The summed E-state index contributed by atoms with van der Waals surface area (Å²) in [6, 6.07) is 0. The van der Waals surface area contributed by atoms with Gasteiger partial charge in [-0.1, -0.05) is 20.8 Å². The number of carbonyl (C=O) groups is 2. The number of aliphatic hydroxyl groups is 3. The minimum atomic E-state index is -1.05. The molecular weight excluding hydrogens is 422 g/mol. The Kier molecular flexibility index (Phi) is 6.64. The molecule has 10 atom stereocenters. The van der Waals surface area contributed by atoms with Crippen LogP contribution in [0.25, 0.3) is 0 Å². The third-order valence-electron chi connectivity index (χ3n) is 10.8. The molecule has 4 aliphatic rings. The number of nitrogens with one attached hydrogen (secondary N) is 1. The van der Waals surface area contributed by atoms with E-state index in [-0.39, 0.29) is 59.5 Å². The second-order valence-corrected chi connectivity index (χ2v) is 12.3. The summed E-state index contributed by atoms with van der Waals surface area (Å²) >= 11 is 0. The van der Waals surface area contributed by atoms with E-state index in [0.29, 0.717) is 18.8 Å². The van der Waals surface area contributed by atoms with E-state index < -0.39 is 17.7 Å². The summed E-state index contributed by atoms with van der Waals surface area (Å²) in [4.78, 5) is 22.7. The minimum Gasteiger partial charge on any atom is -0.480 e. The summed E-state index contributed by atoms with van der Waals surface area (Å²) in [5.41, 5.74) is -1.21. The number of aliphatic carboxylic acids is 1. The van der Waals surface area contributed by atoms with Gasteiger partial charge in [0.15, 0.2) is 0 Å². The Bertz CT molecular complexity index is 774. The lowest BCUT2D eigenvalue weighted by Gasteiger charge is -2.65. The van der Waals surface area contributed by atoms with Crippen molar-refractivity contribution in [1.29, 1.82) is 0 Å². The molecule has 0 saturated heterocycles. The van der Waals surface area contributed by atoms with E-state index in [2.05, 4.69) is 26.1 Å². The van der Waals surface area contributed by atoms with E-state index in [0.717, 1.165) is 44.9 Å². The highest BCUT2D eigenvalue weighted by molar-refractivity contribution is 5.81. The Hall–Kier alpha value is -1.18. The monoisotopic (exact) mass is 465 g/mol. The molecular formula is C26H43NO6. The van der Waals surface area contributed by atoms with Crippen molar-refractivity contribution in [2.45, 2.75) is 103 Å². The molecule has 0 bridgehead atoms. The smallest absolute Gasteiger partial charge is 0.322 e. The maximum Gasteiger partial charge on any atom is 0.322 e. The number of hydrogen-bond acceptors (Lipinski definition) is 5. The second-order valence-electron chi connectivity index (χ2n) is 12.3. The van der Waals surface area contributed by atoms with Crippen molar-refractivity contribution < 1.29 is 30.0 Å². The fourth-order valence-corrected chi connectivity index (χ4v) is 9.04. The van der Waals surface area contributed by atoms with Crippen molar-refractivity contribution in [2.24, 2.45) is 40.4 Å². The Labute approximate surface area is 197 Å². The van der Waals surface area contributed by atoms with E-state index in [9.17, 15) is 24.9 Å². The number of carboxylic acid groups (broad SMARTS) is 1. The first-order valence-electron chi connectivity index (χ1n) is 13.0. The Balaban J connectivity index is 1.50. The maximum atomic E-state index is 12.3. The van der Waals surface area contributed by atoms with Gasteiger partial charge in [-0.15, -0.1) is 0 Å².